The molecule has 2 unspecified atom stereocenters. The number of hydrogen-bond donors (Lipinski definition) is 1. The Morgan fingerprint density at radius 3 is 2.86 bits per heavy atom. The van der Waals surface area contributed by atoms with Crippen LogP contribution in [0.1, 0.15) is 48.3 Å². The summed E-state index contributed by atoms with van der Waals surface area (Å²) in [5, 5.41) is 11.3. The number of halogens is 1. The largest absolute Gasteiger partial charge is 0.384 e. The number of hydrogen-bond acceptors (Lipinski definition) is 4. The molecule has 146 valence electrons. The van der Waals surface area contributed by atoms with Crippen molar-refractivity contribution in [3.63, 3.8) is 0 Å². The second-order valence-electron chi connectivity index (χ2n) is 8.20. The summed E-state index contributed by atoms with van der Waals surface area (Å²) in [6, 6.07) is 10.1. The van der Waals surface area contributed by atoms with Crippen LogP contribution in [-0.2, 0) is 25.2 Å². The van der Waals surface area contributed by atoms with Gasteiger partial charge in [-0.2, -0.15) is 0 Å². The van der Waals surface area contributed by atoms with Crippen LogP contribution in [0, 0.1) is 0 Å². The summed E-state index contributed by atoms with van der Waals surface area (Å²) in [6.07, 6.45) is 4.70. The van der Waals surface area contributed by atoms with Crippen LogP contribution >= 0.6 is 0 Å². The minimum Gasteiger partial charge on any atom is -0.384 e. The van der Waals surface area contributed by atoms with Gasteiger partial charge in [-0.15, -0.1) is 0 Å². The second-order valence-corrected chi connectivity index (χ2v) is 8.20. The minimum absolute atomic E-state index is 0.332. The zero-order valence-electron chi connectivity index (χ0n) is 16.1. The van der Waals surface area contributed by atoms with Gasteiger partial charge in [-0.05, 0) is 31.9 Å². The molecular weight excluding hydrogens is 355 g/mol. The van der Waals surface area contributed by atoms with Gasteiger partial charge in [-0.1, -0.05) is 30.3 Å². The van der Waals surface area contributed by atoms with Gasteiger partial charge in [0.05, 0.1) is 18.4 Å². The highest BCUT2D eigenvalue weighted by atomic mass is 19.1. The standard InChI is InChI=1S/C22H25FN4O/c1-22(28,15-6-3-2-4-7-15)14-27-18-9-11-26-10-5-8-17(26)19(18)20-21(27)24-13-16(12-23)25-20/h2-4,6-7,13,17,28H,5,8-12,14H2,1H3. The van der Waals surface area contributed by atoms with Crippen LogP contribution < -0.4 is 0 Å². The number of rotatable bonds is 4. The molecule has 1 saturated heterocycles. The fourth-order valence-electron chi connectivity index (χ4n) is 4.93. The summed E-state index contributed by atoms with van der Waals surface area (Å²) >= 11 is 0. The van der Waals surface area contributed by atoms with Gasteiger partial charge in [0.25, 0.3) is 0 Å². The molecule has 0 aliphatic carbocycles. The third-order valence-electron chi connectivity index (χ3n) is 6.28. The molecule has 1 N–H and O–H groups in total. The van der Waals surface area contributed by atoms with Crippen LogP contribution in [0.2, 0.25) is 0 Å². The predicted octanol–water partition coefficient (Wildman–Crippen LogP) is 3.50. The fraction of sp³-hybridized carbons (Fsp3) is 0.455. The van der Waals surface area contributed by atoms with Gasteiger partial charge < -0.3 is 9.67 Å². The molecule has 4 heterocycles. The number of aliphatic hydroxyl groups is 1. The van der Waals surface area contributed by atoms with E-state index in [1.165, 1.54) is 23.9 Å². The van der Waals surface area contributed by atoms with E-state index in [-0.39, 0.29) is 0 Å². The third-order valence-corrected chi connectivity index (χ3v) is 6.28. The number of nitrogens with zero attached hydrogens (tertiary/aromatic N) is 4. The van der Waals surface area contributed by atoms with Crippen LogP contribution in [0.4, 0.5) is 4.39 Å². The van der Waals surface area contributed by atoms with Gasteiger partial charge in [0.15, 0.2) is 5.65 Å². The molecule has 2 aliphatic rings. The first-order valence-electron chi connectivity index (χ1n) is 10.0. The Morgan fingerprint density at radius 1 is 1.25 bits per heavy atom. The van der Waals surface area contributed by atoms with E-state index < -0.39 is 12.3 Å². The summed E-state index contributed by atoms with van der Waals surface area (Å²) in [5.41, 5.74) is 4.18. The molecule has 2 aromatic heterocycles. The summed E-state index contributed by atoms with van der Waals surface area (Å²) in [6.45, 7) is 3.75. The van der Waals surface area contributed by atoms with Gasteiger partial charge >= 0.3 is 0 Å². The fourth-order valence-corrected chi connectivity index (χ4v) is 4.93. The molecule has 0 saturated carbocycles. The molecule has 3 aromatic rings. The molecule has 6 heteroatoms. The smallest absolute Gasteiger partial charge is 0.159 e. The van der Waals surface area contributed by atoms with Crippen LogP contribution in [-0.4, -0.2) is 37.6 Å². The van der Waals surface area contributed by atoms with Gasteiger partial charge in [0.1, 0.15) is 17.8 Å². The Morgan fingerprint density at radius 2 is 2.07 bits per heavy atom. The monoisotopic (exact) mass is 380 g/mol. The number of fused-ring (bicyclic) bond motifs is 5. The Bertz CT molecular complexity index is 1010. The molecule has 28 heavy (non-hydrogen) atoms. The highest BCUT2D eigenvalue weighted by Crippen LogP contribution is 2.42. The molecular formula is C22H25FN4O. The van der Waals surface area contributed by atoms with E-state index in [1.807, 2.05) is 37.3 Å². The molecule has 1 aromatic carbocycles. The van der Waals surface area contributed by atoms with Crippen molar-refractivity contribution in [1.29, 1.82) is 0 Å². The molecule has 0 bridgehead atoms. The van der Waals surface area contributed by atoms with Crippen molar-refractivity contribution in [2.45, 2.75) is 51.0 Å². The highest BCUT2D eigenvalue weighted by Gasteiger charge is 2.37. The Balaban J connectivity index is 1.67. The SMILES string of the molecule is CC(O)(Cn1c2c(c3nc(CF)cnc31)C1CCCN1CC2)c1ccccc1. The van der Waals surface area contributed by atoms with Crippen molar-refractivity contribution in [2.75, 3.05) is 13.1 Å². The predicted molar refractivity (Wildman–Crippen MR) is 106 cm³/mol. The van der Waals surface area contributed by atoms with E-state index in [1.54, 1.807) is 0 Å². The zero-order valence-corrected chi connectivity index (χ0v) is 16.1. The minimum atomic E-state index is -1.03. The maximum absolute atomic E-state index is 13.3. The molecule has 0 amide bonds. The molecule has 2 aliphatic heterocycles. The van der Waals surface area contributed by atoms with Crippen LogP contribution in [0.5, 0.6) is 0 Å². The van der Waals surface area contributed by atoms with E-state index in [0.717, 1.165) is 42.7 Å². The summed E-state index contributed by atoms with van der Waals surface area (Å²) in [4.78, 5) is 11.7. The molecule has 0 radical (unpaired) electrons. The highest BCUT2D eigenvalue weighted by molar-refractivity contribution is 5.79. The quantitative estimate of drug-likeness (QED) is 0.753. The second kappa shape index (κ2) is 6.64. The van der Waals surface area contributed by atoms with E-state index in [9.17, 15) is 9.50 Å². The van der Waals surface area contributed by atoms with E-state index in [0.29, 0.717) is 18.3 Å². The van der Waals surface area contributed by atoms with Gasteiger partial charge in [0, 0.05) is 30.3 Å². The third kappa shape index (κ3) is 2.74. The zero-order chi connectivity index (χ0) is 19.3. The van der Waals surface area contributed by atoms with Crippen LogP contribution in [0.3, 0.4) is 0 Å². The lowest BCUT2D eigenvalue weighted by atomic mass is 9.95. The van der Waals surface area contributed by atoms with E-state index in [4.69, 9.17) is 0 Å². The van der Waals surface area contributed by atoms with Crippen LogP contribution in [0.15, 0.2) is 36.5 Å². The Labute approximate surface area is 163 Å². The van der Waals surface area contributed by atoms with Crippen molar-refractivity contribution >= 4 is 11.2 Å². The number of aromatic nitrogens is 3. The first-order valence-corrected chi connectivity index (χ1v) is 10.0. The van der Waals surface area contributed by atoms with E-state index >= 15 is 0 Å². The molecule has 5 rings (SSSR count). The summed E-state index contributed by atoms with van der Waals surface area (Å²) in [7, 11) is 0. The van der Waals surface area contributed by atoms with Crippen LogP contribution in [0.25, 0.3) is 11.2 Å². The van der Waals surface area contributed by atoms with Gasteiger partial charge in [0.2, 0.25) is 0 Å². The van der Waals surface area contributed by atoms with Crippen molar-refractivity contribution < 1.29 is 9.50 Å². The first-order chi connectivity index (χ1) is 13.6. The first kappa shape index (κ1) is 17.8. The summed E-state index contributed by atoms with van der Waals surface area (Å²) in [5.74, 6) is 0. The maximum Gasteiger partial charge on any atom is 0.159 e. The molecule has 1 fully saturated rings. The van der Waals surface area contributed by atoms with Crippen molar-refractivity contribution in [3.8, 4) is 0 Å². The summed E-state index contributed by atoms with van der Waals surface area (Å²) < 4.78 is 15.4. The molecule has 5 nitrogen and oxygen atoms in total. The lowest BCUT2D eigenvalue weighted by Gasteiger charge is -2.32. The Hall–Kier alpha value is -2.31. The molecule has 2 atom stereocenters. The van der Waals surface area contributed by atoms with Gasteiger partial charge in [-0.25, -0.2) is 14.4 Å². The average Bonchev–Trinajstić information content (AvgIpc) is 3.31. The lowest BCUT2D eigenvalue weighted by Crippen LogP contribution is -2.33. The van der Waals surface area contributed by atoms with E-state index in [2.05, 4.69) is 19.4 Å². The maximum atomic E-state index is 13.3. The van der Waals surface area contributed by atoms with Gasteiger partial charge in [-0.3, -0.25) is 4.90 Å². The topological polar surface area (TPSA) is 54.2 Å². The normalized spacial score (nSPS) is 21.5. The average molecular weight is 380 g/mol. The van der Waals surface area contributed by atoms with Crippen molar-refractivity contribution in [1.82, 2.24) is 19.4 Å². The van der Waals surface area contributed by atoms with Crippen molar-refractivity contribution in [2.24, 2.45) is 0 Å². The number of benzene rings is 1. The number of alkyl halides is 1. The Kier molecular flexibility index (Phi) is 4.21. The van der Waals surface area contributed by atoms with Crippen molar-refractivity contribution in [3.05, 3.63) is 59.0 Å². The molecule has 0 spiro atoms. The lowest BCUT2D eigenvalue weighted by molar-refractivity contribution is 0.0382.